The molecule has 2 heterocycles. The van der Waals surface area contributed by atoms with Crippen LogP contribution in [0.25, 0.3) is 10.9 Å². The van der Waals surface area contributed by atoms with Gasteiger partial charge in [-0.25, -0.2) is 9.78 Å². The minimum atomic E-state index is -0.499. The van der Waals surface area contributed by atoms with Gasteiger partial charge in [0.1, 0.15) is 5.60 Å². The van der Waals surface area contributed by atoms with Crippen LogP contribution in [0.2, 0.25) is 0 Å². The van der Waals surface area contributed by atoms with Crippen LogP contribution in [0, 0.1) is 0 Å². The second-order valence-electron chi connectivity index (χ2n) is 7.32. The second kappa shape index (κ2) is 6.78. The van der Waals surface area contributed by atoms with Gasteiger partial charge >= 0.3 is 6.09 Å². The van der Waals surface area contributed by atoms with E-state index in [0.29, 0.717) is 36.8 Å². The number of hydrogen-bond acceptors (Lipinski definition) is 4. The minimum absolute atomic E-state index is 0.0341. The number of carbonyl (C=O) groups is 1. The molecule has 1 amide bonds. The lowest BCUT2D eigenvalue weighted by atomic mass is 10.0. The molecule has 0 N–H and O–H groups in total. The van der Waals surface area contributed by atoms with E-state index in [9.17, 15) is 9.59 Å². The quantitative estimate of drug-likeness (QED) is 0.722. The summed E-state index contributed by atoms with van der Waals surface area (Å²) in [5.74, 6) is 0. The normalized spacial score (nSPS) is 16.2. The maximum atomic E-state index is 12.7. The van der Waals surface area contributed by atoms with E-state index in [1.807, 2.05) is 32.9 Å². The molecule has 0 aliphatic carbocycles. The Morgan fingerprint density at radius 3 is 2.60 bits per heavy atom. The van der Waals surface area contributed by atoms with Crippen molar-refractivity contribution in [1.82, 2.24) is 14.5 Å². The Kier molecular flexibility index (Phi) is 4.86. The molecule has 6 nitrogen and oxygen atoms in total. The zero-order valence-electron chi connectivity index (χ0n) is 14.7. The predicted molar refractivity (Wildman–Crippen MR) is 99.8 cm³/mol. The molecule has 0 radical (unpaired) electrons. The lowest BCUT2D eigenvalue weighted by molar-refractivity contribution is 0.0187. The zero-order valence-corrected chi connectivity index (χ0v) is 16.2. The van der Waals surface area contributed by atoms with Crippen LogP contribution in [0.4, 0.5) is 4.79 Å². The van der Waals surface area contributed by atoms with Gasteiger partial charge in [0, 0.05) is 23.6 Å². The molecule has 1 aromatic heterocycles. The summed E-state index contributed by atoms with van der Waals surface area (Å²) in [6, 6.07) is 5.53. The molecule has 1 fully saturated rings. The van der Waals surface area contributed by atoms with Crippen molar-refractivity contribution in [3.05, 3.63) is 39.4 Å². The Bertz CT molecular complexity index is 849. The summed E-state index contributed by atoms with van der Waals surface area (Å²) in [5, 5.41) is 0.611. The first kappa shape index (κ1) is 17.9. The third kappa shape index (κ3) is 4.03. The van der Waals surface area contributed by atoms with E-state index in [-0.39, 0.29) is 17.7 Å². The van der Waals surface area contributed by atoms with Gasteiger partial charge < -0.3 is 9.64 Å². The summed E-state index contributed by atoms with van der Waals surface area (Å²) in [7, 11) is 0. The maximum absolute atomic E-state index is 12.7. The molecule has 134 valence electrons. The smallest absolute Gasteiger partial charge is 0.410 e. The van der Waals surface area contributed by atoms with Crippen molar-refractivity contribution in [1.29, 1.82) is 0 Å². The summed E-state index contributed by atoms with van der Waals surface area (Å²) >= 11 is 3.39. The standard InChI is InChI=1S/C18H22BrN3O3/c1-18(2,3)25-17(24)21-8-6-13(7-9-21)22-11-20-15-10-12(19)4-5-14(15)16(22)23/h4-5,10-11,13H,6-9H2,1-3H3. The Balaban J connectivity index is 1.74. The van der Waals surface area contributed by atoms with Gasteiger partial charge in [0.2, 0.25) is 0 Å². The lowest BCUT2D eigenvalue weighted by Crippen LogP contribution is -2.43. The van der Waals surface area contributed by atoms with Crippen LogP contribution in [0.15, 0.2) is 33.8 Å². The highest BCUT2D eigenvalue weighted by molar-refractivity contribution is 9.10. The van der Waals surface area contributed by atoms with E-state index in [2.05, 4.69) is 20.9 Å². The number of carbonyl (C=O) groups excluding carboxylic acids is 1. The summed E-state index contributed by atoms with van der Waals surface area (Å²) in [6.45, 7) is 6.72. The molecule has 25 heavy (non-hydrogen) atoms. The average molecular weight is 408 g/mol. The van der Waals surface area contributed by atoms with Crippen LogP contribution in [0.5, 0.6) is 0 Å². The second-order valence-corrected chi connectivity index (χ2v) is 8.23. The number of hydrogen-bond donors (Lipinski definition) is 0. The number of aromatic nitrogens is 2. The highest BCUT2D eigenvalue weighted by atomic mass is 79.9. The highest BCUT2D eigenvalue weighted by Gasteiger charge is 2.28. The number of amides is 1. The van der Waals surface area contributed by atoms with Crippen LogP contribution in [0.1, 0.15) is 39.7 Å². The van der Waals surface area contributed by atoms with Crippen molar-refractivity contribution in [2.45, 2.75) is 45.3 Å². The van der Waals surface area contributed by atoms with Gasteiger partial charge in [-0.3, -0.25) is 9.36 Å². The topological polar surface area (TPSA) is 64.4 Å². The van der Waals surface area contributed by atoms with Crippen molar-refractivity contribution in [2.75, 3.05) is 13.1 Å². The van der Waals surface area contributed by atoms with Gasteiger partial charge in [-0.15, -0.1) is 0 Å². The molecular weight excluding hydrogens is 386 g/mol. The number of piperidine rings is 1. The van der Waals surface area contributed by atoms with E-state index in [0.717, 1.165) is 4.47 Å². The first-order valence-electron chi connectivity index (χ1n) is 8.39. The molecule has 2 aromatic rings. The van der Waals surface area contributed by atoms with E-state index < -0.39 is 5.60 Å². The Hall–Kier alpha value is -1.89. The summed E-state index contributed by atoms with van der Waals surface area (Å²) in [5.41, 5.74) is 0.150. The lowest BCUT2D eigenvalue weighted by Gasteiger charge is -2.34. The fraction of sp³-hybridized carbons (Fsp3) is 0.500. The third-order valence-corrected chi connectivity index (χ3v) is 4.75. The molecule has 0 unspecified atom stereocenters. The number of likely N-dealkylation sites (tertiary alicyclic amines) is 1. The summed E-state index contributed by atoms with van der Waals surface area (Å²) in [6.07, 6.45) is 2.75. The fourth-order valence-corrected chi connectivity index (χ4v) is 3.37. The summed E-state index contributed by atoms with van der Waals surface area (Å²) in [4.78, 5) is 31.0. The maximum Gasteiger partial charge on any atom is 0.410 e. The molecule has 0 bridgehead atoms. The third-order valence-electron chi connectivity index (χ3n) is 4.26. The highest BCUT2D eigenvalue weighted by Crippen LogP contribution is 2.23. The van der Waals surface area contributed by atoms with E-state index in [1.165, 1.54) is 0 Å². The number of ether oxygens (including phenoxy) is 1. The van der Waals surface area contributed by atoms with Crippen molar-refractivity contribution in [3.63, 3.8) is 0 Å². The number of benzene rings is 1. The number of fused-ring (bicyclic) bond motifs is 1. The van der Waals surface area contributed by atoms with Crippen LogP contribution in [-0.4, -0.2) is 39.2 Å². The van der Waals surface area contributed by atoms with Gasteiger partial charge in [-0.1, -0.05) is 15.9 Å². The van der Waals surface area contributed by atoms with Crippen molar-refractivity contribution < 1.29 is 9.53 Å². The first-order chi connectivity index (χ1) is 11.7. The van der Waals surface area contributed by atoms with Crippen molar-refractivity contribution in [3.8, 4) is 0 Å². The molecule has 1 aliphatic heterocycles. The Labute approximate surface area is 154 Å². The van der Waals surface area contributed by atoms with Crippen molar-refractivity contribution >= 4 is 32.9 Å². The summed E-state index contributed by atoms with van der Waals surface area (Å²) < 4.78 is 8.01. The Morgan fingerprint density at radius 1 is 1.28 bits per heavy atom. The molecule has 0 spiro atoms. The van der Waals surface area contributed by atoms with E-state index in [1.54, 1.807) is 21.9 Å². The zero-order chi connectivity index (χ0) is 18.2. The first-order valence-corrected chi connectivity index (χ1v) is 9.18. The molecule has 1 saturated heterocycles. The van der Waals surface area contributed by atoms with Gasteiger partial charge in [0.25, 0.3) is 5.56 Å². The van der Waals surface area contributed by atoms with Crippen LogP contribution in [-0.2, 0) is 4.74 Å². The SMILES string of the molecule is CC(C)(C)OC(=O)N1CCC(n2cnc3cc(Br)ccc3c2=O)CC1. The molecule has 7 heteroatoms. The largest absolute Gasteiger partial charge is 0.444 e. The van der Waals surface area contributed by atoms with Gasteiger partial charge in [-0.2, -0.15) is 0 Å². The Morgan fingerprint density at radius 2 is 1.96 bits per heavy atom. The molecule has 3 rings (SSSR count). The molecular formula is C18H22BrN3O3. The van der Waals surface area contributed by atoms with E-state index in [4.69, 9.17) is 4.74 Å². The van der Waals surface area contributed by atoms with Gasteiger partial charge in [0.05, 0.1) is 17.2 Å². The average Bonchev–Trinajstić information content (AvgIpc) is 2.53. The van der Waals surface area contributed by atoms with Crippen LogP contribution < -0.4 is 5.56 Å². The molecule has 1 aliphatic rings. The molecule has 0 saturated carbocycles. The molecule has 1 aromatic carbocycles. The predicted octanol–water partition coefficient (Wildman–Crippen LogP) is 3.73. The monoisotopic (exact) mass is 407 g/mol. The van der Waals surface area contributed by atoms with Gasteiger partial charge in [-0.05, 0) is 51.8 Å². The van der Waals surface area contributed by atoms with Crippen LogP contribution >= 0.6 is 15.9 Å². The number of rotatable bonds is 1. The van der Waals surface area contributed by atoms with Gasteiger partial charge in [0.15, 0.2) is 0 Å². The fourth-order valence-electron chi connectivity index (χ4n) is 3.02. The van der Waals surface area contributed by atoms with Crippen molar-refractivity contribution in [2.24, 2.45) is 0 Å². The minimum Gasteiger partial charge on any atom is -0.444 e. The molecule has 0 atom stereocenters. The van der Waals surface area contributed by atoms with E-state index >= 15 is 0 Å². The number of halogens is 1. The van der Waals surface area contributed by atoms with Crippen LogP contribution in [0.3, 0.4) is 0 Å². The number of nitrogens with zero attached hydrogens (tertiary/aromatic N) is 3.